The number of piperidine rings is 1. The van der Waals surface area contributed by atoms with E-state index in [0.717, 1.165) is 43.7 Å². The van der Waals surface area contributed by atoms with Crippen LogP contribution < -0.4 is 0 Å². The minimum Gasteiger partial charge on any atom is -0.337 e. The Kier molecular flexibility index (Phi) is 4.86. The topological polar surface area (TPSA) is 51.0 Å². The Bertz CT molecular complexity index is 677. The van der Waals surface area contributed by atoms with E-state index in [4.69, 9.17) is 0 Å². The molecule has 0 spiro atoms. The number of carbonyl (C=O) groups excluding carboxylic acids is 1. The maximum Gasteiger partial charge on any atom is 0.246 e. The molecule has 5 heteroatoms. The van der Waals surface area contributed by atoms with Gasteiger partial charge in [-0.1, -0.05) is 6.92 Å². The molecule has 1 aliphatic rings. The highest BCUT2D eigenvalue weighted by Crippen LogP contribution is 2.23. The largest absolute Gasteiger partial charge is 0.337 e. The number of carbonyl (C=O) groups is 1. The summed E-state index contributed by atoms with van der Waals surface area (Å²) in [7, 11) is 0. The average Bonchev–Trinajstić information content (AvgIpc) is 3.09. The van der Waals surface area contributed by atoms with Crippen molar-refractivity contribution < 1.29 is 4.79 Å². The summed E-state index contributed by atoms with van der Waals surface area (Å²) in [6.45, 7) is 3.69. The molecule has 1 fully saturated rings. The van der Waals surface area contributed by atoms with Crippen LogP contribution in [0.15, 0.2) is 43.0 Å². The molecule has 120 valence electrons. The zero-order chi connectivity index (χ0) is 16.1. The number of hydrogen-bond donors (Lipinski definition) is 0. The van der Waals surface area contributed by atoms with Gasteiger partial charge in [0.25, 0.3) is 0 Å². The Morgan fingerprint density at radius 3 is 2.96 bits per heavy atom. The van der Waals surface area contributed by atoms with E-state index in [-0.39, 0.29) is 5.91 Å². The average molecular weight is 310 g/mol. The number of hydrogen-bond acceptors (Lipinski definition) is 3. The molecule has 5 nitrogen and oxygen atoms in total. The predicted molar refractivity (Wildman–Crippen MR) is 89.7 cm³/mol. The van der Waals surface area contributed by atoms with E-state index < -0.39 is 0 Å². The van der Waals surface area contributed by atoms with Gasteiger partial charge in [-0.2, -0.15) is 0 Å². The van der Waals surface area contributed by atoms with E-state index in [1.165, 1.54) is 0 Å². The Balaban J connectivity index is 1.66. The zero-order valence-corrected chi connectivity index (χ0v) is 13.4. The first-order valence-corrected chi connectivity index (χ1v) is 8.16. The van der Waals surface area contributed by atoms with Crippen LogP contribution in [0, 0.1) is 0 Å². The number of rotatable bonds is 4. The first-order chi connectivity index (χ1) is 11.3. The molecule has 0 aliphatic carbocycles. The summed E-state index contributed by atoms with van der Waals surface area (Å²) in [5.41, 5.74) is 0.991. The fraction of sp³-hybridized carbons (Fsp3) is 0.389. The molecule has 2 aromatic heterocycles. The third-order valence-electron chi connectivity index (χ3n) is 4.29. The van der Waals surface area contributed by atoms with Crippen molar-refractivity contribution in [1.29, 1.82) is 0 Å². The fourth-order valence-electron chi connectivity index (χ4n) is 3.08. The van der Waals surface area contributed by atoms with Crippen LogP contribution in [-0.4, -0.2) is 38.4 Å². The van der Waals surface area contributed by atoms with E-state index >= 15 is 0 Å². The second-order valence-electron chi connectivity index (χ2n) is 5.80. The Hall–Kier alpha value is -2.43. The van der Waals surface area contributed by atoms with E-state index in [1.54, 1.807) is 18.5 Å². The second-order valence-corrected chi connectivity index (χ2v) is 5.80. The van der Waals surface area contributed by atoms with Crippen molar-refractivity contribution in [3.63, 3.8) is 0 Å². The monoisotopic (exact) mass is 310 g/mol. The molecule has 1 atom stereocenters. The summed E-state index contributed by atoms with van der Waals surface area (Å²) in [6, 6.07) is 4.11. The summed E-state index contributed by atoms with van der Waals surface area (Å²) in [4.78, 5) is 22.7. The van der Waals surface area contributed by atoms with Crippen molar-refractivity contribution in [2.75, 3.05) is 13.1 Å². The number of likely N-dealkylation sites (tertiary alicyclic amines) is 1. The molecule has 1 saturated heterocycles. The predicted octanol–water partition coefficient (Wildman–Crippen LogP) is 2.72. The third kappa shape index (κ3) is 3.67. The molecule has 3 heterocycles. The highest BCUT2D eigenvalue weighted by Gasteiger charge is 2.24. The molecule has 23 heavy (non-hydrogen) atoms. The van der Waals surface area contributed by atoms with E-state index in [9.17, 15) is 4.79 Å². The molecule has 2 aromatic rings. The van der Waals surface area contributed by atoms with Gasteiger partial charge in [0.05, 0.1) is 6.04 Å². The summed E-state index contributed by atoms with van der Waals surface area (Å²) in [5.74, 6) is 1.17. The lowest BCUT2D eigenvalue weighted by Gasteiger charge is -2.33. The SMILES string of the molecule is CCc1nccn1C1CCCN(C(=O)/C=C/c2ccncc2)C1. The van der Waals surface area contributed by atoms with Gasteiger partial charge in [0.15, 0.2) is 0 Å². The molecule has 1 aliphatic heterocycles. The van der Waals surface area contributed by atoms with Crippen LogP contribution in [-0.2, 0) is 11.2 Å². The third-order valence-corrected chi connectivity index (χ3v) is 4.29. The van der Waals surface area contributed by atoms with E-state index in [2.05, 4.69) is 21.5 Å². The van der Waals surface area contributed by atoms with Crippen LogP contribution in [0.5, 0.6) is 0 Å². The van der Waals surface area contributed by atoms with Gasteiger partial charge in [-0.25, -0.2) is 4.98 Å². The number of imidazole rings is 1. The standard InChI is InChI=1S/C18H22N4O/c1-2-17-20-11-13-22(17)16-4-3-12-21(14-16)18(23)6-5-15-7-9-19-10-8-15/h5-11,13,16H,2-4,12,14H2,1H3/b6-5+. The molecular weight excluding hydrogens is 288 g/mol. The molecule has 0 radical (unpaired) electrons. The van der Waals surface area contributed by atoms with Crippen molar-refractivity contribution in [3.05, 3.63) is 54.4 Å². The molecular formula is C18H22N4O. The van der Waals surface area contributed by atoms with Crippen molar-refractivity contribution in [2.45, 2.75) is 32.2 Å². The molecule has 0 aromatic carbocycles. The molecule has 1 unspecified atom stereocenters. The van der Waals surface area contributed by atoms with Crippen LogP contribution in [0.2, 0.25) is 0 Å². The number of amides is 1. The smallest absolute Gasteiger partial charge is 0.246 e. The van der Waals surface area contributed by atoms with Gasteiger partial charge >= 0.3 is 0 Å². The van der Waals surface area contributed by atoms with Gasteiger partial charge in [0.1, 0.15) is 5.82 Å². The second kappa shape index (κ2) is 7.22. The summed E-state index contributed by atoms with van der Waals surface area (Å²) in [5, 5.41) is 0. The maximum absolute atomic E-state index is 12.4. The molecule has 1 amide bonds. The maximum atomic E-state index is 12.4. The number of aromatic nitrogens is 3. The van der Waals surface area contributed by atoms with Crippen molar-refractivity contribution >= 4 is 12.0 Å². The minimum atomic E-state index is 0.0738. The quantitative estimate of drug-likeness (QED) is 0.816. The van der Waals surface area contributed by atoms with Gasteiger partial charge in [-0.15, -0.1) is 0 Å². The van der Waals surface area contributed by atoms with Crippen molar-refractivity contribution in [3.8, 4) is 0 Å². The lowest BCUT2D eigenvalue weighted by Crippen LogP contribution is -2.40. The highest BCUT2D eigenvalue weighted by molar-refractivity contribution is 5.91. The molecule has 0 bridgehead atoms. The Morgan fingerprint density at radius 2 is 2.17 bits per heavy atom. The first kappa shape index (κ1) is 15.5. The lowest BCUT2D eigenvalue weighted by molar-refractivity contribution is -0.127. The number of nitrogens with zero attached hydrogens (tertiary/aromatic N) is 4. The van der Waals surface area contributed by atoms with Gasteiger partial charge in [-0.05, 0) is 36.6 Å². The zero-order valence-electron chi connectivity index (χ0n) is 13.4. The summed E-state index contributed by atoms with van der Waals surface area (Å²) < 4.78 is 2.23. The van der Waals surface area contributed by atoms with Gasteiger partial charge < -0.3 is 9.47 Å². The number of aryl methyl sites for hydroxylation is 1. The molecule has 3 rings (SSSR count). The van der Waals surface area contributed by atoms with Crippen LogP contribution in [0.4, 0.5) is 0 Å². The van der Waals surface area contributed by atoms with Crippen LogP contribution >= 0.6 is 0 Å². The van der Waals surface area contributed by atoms with Gasteiger partial charge in [-0.3, -0.25) is 9.78 Å². The highest BCUT2D eigenvalue weighted by atomic mass is 16.2. The van der Waals surface area contributed by atoms with E-state index in [0.29, 0.717) is 6.04 Å². The normalized spacial score (nSPS) is 18.5. The Labute approximate surface area is 136 Å². The minimum absolute atomic E-state index is 0.0738. The summed E-state index contributed by atoms with van der Waals surface area (Å²) >= 11 is 0. The van der Waals surface area contributed by atoms with Gasteiger partial charge in [0.2, 0.25) is 5.91 Å². The van der Waals surface area contributed by atoms with Crippen LogP contribution in [0.25, 0.3) is 6.08 Å². The lowest BCUT2D eigenvalue weighted by atomic mass is 10.0. The summed E-state index contributed by atoms with van der Waals surface area (Å²) in [6.07, 6.45) is 13.9. The molecule has 0 saturated carbocycles. The van der Waals surface area contributed by atoms with Gasteiger partial charge in [0, 0.05) is 50.4 Å². The van der Waals surface area contributed by atoms with Crippen molar-refractivity contribution in [2.24, 2.45) is 0 Å². The number of pyridine rings is 1. The first-order valence-electron chi connectivity index (χ1n) is 8.16. The fourth-order valence-corrected chi connectivity index (χ4v) is 3.08. The van der Waals surface area contributed by atoms with Crippen LogP contribution in [0.1, 0.15) is 37.2 Å². The van der Waals surface area contributed by atoms with Crippen LogP contribution in [0.3, 0.4) is 0 Å². The van der Waals surface area contributed by atoms with Crippen molar-refractivity contribution in [1.82, 2.24) is 19.4 Å². The molecule has 0 N–H and O–H groups in total. The van der Waals surface area contributed by atoms with E-state index in [1.807, 2.05) is 35.5 Å². The Morgan fingerprint density at radius 1 is 1.35 bits per heavy atom.